The van der Waals surface area contributed by atoms with Crippen LogP contribution in [0.15, 0.2) is 200 Å². The summed E-state index contributed by atoms with van der Waals surface area (Å²) in [4.78, 5) is 29.3. The molecule has 0 saturated heterocycles. The summed E-state index contributed by atoms with van der Waals surface area (Å²) in [5.41, 5.74) is 15.2. The molecule has 0 amide bonds. The fourth-order valence-electron chi connectivity index (χ4n) is 14.4. The van der Waals surface area contributed by atoms with Gasteiger partial charge in [0, 0.05) is 59.7 Å². The van der Waals surface area contributed by atoms with E-state index in [9.17, 15) is 9.59 Å². The molecule has 10 heteroatoms. The summed E-state index contributed by atoms with van der Waals surface area (Å²) < 4.78 is 35.9. The lowest BCUT2D eigenvalue weighted by Gasteiger charge is -2.33. The van der Waals surface area contributed by atoms with E-state index in [0.717, 1.165) is 75.9 Å². The monoisotopic (exact) mass is 1450 g/mol. The normalized spacial score (nSPS) is 12.2. The quantitative estimate of drug-likeness (QED) is 0.0161. The van der Waals surface area contributed by atoms with E-state index in [0.29, 0.717) is 54.0 Å². The smallest absolute Gasteiger partial charge is 0.338 e. The summed E-state index contributed by atoms with van der Waals surface area (Å²) in [6.07, 6.45) is 30.4. The largest absolute Gasteiger partial charge is 0.494 e. The molecule has 0 aliphatic heterocycles. The van der Waals surface area contributed by atoms with E-state index in [-0.39, 0.29) is 16.8 Å². The Morgan fingerprint density at radius 2 is 0.733 bits per heavy atom. The van der Waals surface area contributed by atoms with Gasteiger partial charge in [-0.05, 0) is 212 Å². The van der Waals surface area contributed by atoms with Crippen LogP contribution < -0.4 is 23.7 Å². The molecule has 0 radical (unpaired) electrons. The van der Waals surface area contributed by atoms with Crippen LogP contribution in [0.25, 0.3) is 52.9 Å². The van der Waals surface area contributed by atoms with Gasteiger partial charge < -0.3 is 28.4 Å². The molecule has 0 saturated carbocycles. The van der Waals surface area contributed by atoms with Crippen LogP contribution in [-0.2, 0) is 25.2 Å². The highest BCUT2D eigenvalue weighted by atomic mass is 32.1. The van der Waals surface area contributed by atoms with Crippen LogP contribution >= 0.6 is 22.7 Å². The molecule has 0 atom stereocenters. The third kappa shape index (κ3) is 22.8. The number of fused-ring (bicyclic) bond motifs is 3. The van der Waals surface area contributed by atoms with E-state index in [1.165, 1.54) is 190 Å². The summed E-state index contributed by atoms with van der Waals surface area (Å²) in [6, 6.07) is 63.7. The van der Waals surface area contributed by atoms with E-state index >= 15 is 0 Å². The molecule has 1 aliphatic carbocycles. The van der Waals surface area contributed by atoms with Crippen molar-refractivity contribution < 1.29 is 38.0 Å². The van der Waals surface area contributed by atoms with Crippen molar-refractivity contribution in [3.05, 3.63) is 228 Å². The van der Waals surface area contributed by atoms with Crippen molar-refractivity contribution in [3.8, 4) is 87.4 Å². The van der Waals surface area contributed by atoms with Gasteiger partial charge in [-0.15, -0.1) is 22.7 Å². The van der Waals surface area contributed by atoms with Gasteiger partial charge in [0.25, 0.3) is 0 Å². The van der Waals surface area contributed by atoms with E-state index in [1.54, 1.807) is 26.0 Å². The maximum Gasteiger partial charge on any atom is 0.338 e. The first-order valence-corrected chi connectivity index (χ1v) is 41.0. The number of carbonyl (C=O) groups is 2. The number of rotatable bonds is 46. The highest BCUT2D eigenvalue weighted by molar-refractivity contribution is 7.19. The first-order valence-electron chi connectivity index (χ1n) is 39.4. The molecule has 0 unspecified atom stereocenters. The van der Waals surface area contributed by atoms with Crippen molar-refractivity contribution in [1.29, 1.82) is 0 Å². The zero-order chi connectivity index (χ0) is 73.8. The van der Waals surface area contributed by atoms with E-state index in [4.69, 9.17) is 28.4 Å². The van der Waals surface area contributed by atoms with Gasteiger partial charge in [-0.2, -0.15) is 0 Å². The minimum Gasteiger partial charge on any atom is -0.494 e. The van der Waals surface area contributed by atoms with Crippen LogP contribution in [0, 0.1) is 6.92 Å². The molecule has 2 aromatic heterocycles. The molecular weight excluding hydrogens is 1330 g/mol. The highest BCUT2D eigenvalue weighted by Crippen LogP contribution is 2.57. The van der Waals surface area contributed by atoms with Gasteiger partial charge in [-0.25, -0.2) is 9.59 Å². The average Bonchev–Trinajstić information content (AvgIpc) is 1.56. The molecule has 9 aromatic rings. The fourth-order valence-corrected chi connectivity index (χ4v) is 16.5. The number of esters is 2. The van der Waals surface area contributed by atoms with Crippen molar-refractivity contribution >= 4 is 34.6 Å². The van der Waals surface area contributed by atoms with Crippen LogP contribution in [0.4, 0.5) is 0 Å². The predicted octanol–water partition coefficient (Wildman–Crippen LogP) is 27.8. The molecule has 2 heterocycles. The van der Waals surface area contributed by atoms with E-state index < -0.39 is 5.97 Å². The van der Waals surface area contributed by atoms with Crippen molar-refractivity contribution in [2.24, 2.45) is 0 Å². The van der Waals surface area contributed by atoms with Crippen molar-refractivity contribution in [3.63, 3.8) is 0 Å². The molecule has 554 valence electrons. The molecule has 0 N–H and O–H groups in total. The first kappa shape index (κ1) is 79.1. The molecule has 1 aliphatic rings. The first-order chi connectivity index (χ1) is 51.1. The molecule has 0 spiro atoms. The Hall–Kier alpha value is -8.44. The second-order valence-corrected chi connectivity index (χ2v) is 31.8. The molecule has 0 bridgehead atoms. The lowest BCUT2D eigenvalue weighted by atomic mass is 9.70. The molecule has 105 heavy (non-hydrogen) atoms. The molecule has 8 nitrogen and oxygen atoms in total. The van der Waals surface area contributed by atoms with Crippen molar-refractivity contribution in [1.82, 2.24) is 0 Å². The Kier molecular flexibility index (Phi) is 30.4. The van der Waals surface area contributed by atoms with Crippen LogP contribution in [0.3, 0.4) is 0 Å². The Labute approximate surface area is 636 Å². The summed E-state index contributed by atoms with van der Waals surface area (Å²) in [7, 11) is 0. The number of aryl methyl sites for hydroxylation is 1. The Balaban J connectivity index is 0.702. The number of thiophene rings is 2. The Morgan fingerprint density at radius 3 is 1.18 bits per heavy atom. The number of ether oxygens (including phenoxy) is 6. The lowest BCUT2D eigenvalue weighted by Crippen LogP contribution is -2.25. The van der Waals surface area contributed by atoms with E-state index in [1.807, 2.05) is 40.9 Å². The number of benzene rings is 7. The van der Waals surface area contributed by atoms with Crippen molar-refractivity contribution in [2.45, 2.75) is 226 Å². The van der Waals surface area contributed by atoms with E-state index in [2.05, 4.69) is 193 Å². The number of hydrogen-bond acceptors (Lipinski definition) is 10. The maximum absolute atomic E-state index is 12.6. The lowest BCUT2D eigenvalue weighted by molar-refractivity contribution is -0.139. The number of unbranched alkanes of at least 4 members (excludes halogenated alkanes) is 20. The summed E-state index contributed by atoms with van der Waals surface area (Å²) in [5.74, 6) is 3.17. The number of hydrogen-bond donors (Lipinski definition) is 0. The third-order valence-electron chi connectivity index (χ3n) is 20.8. The van der Waals surface area contributed by atoms with Gasteiger partial charge in [0.05, 0.1) is 26.4 Å². The zero-order valence-corrected chi connectivity index (χ0v) is 65.6. The average molecular weight is 1450 g/mol. The minimum absolute atomic E-state index is 0.0530. The standard InChI is InChI=1S/C95H114O8S2/c1-10-12-14-22-28-58-95(59-29-23-15-13-11-2)86-64-74(90-56-54-88(104-90)72-36-46-78(47-37-72)98-60-30-24-18-16-17-19-27-33-63-101-92(96)69(3)4)40-52-84(86)85-53-41-75(65-87(85)95)91-57-55-89(105-91)73-38-48-79(49-39-73)99-61-31-25-20-21-26-32-62-100-81-66-82(68-83(67-81)103-93(97)70(5)6)102-80-50-44-77(45-51-80)94(8,9)76-42-34-71(7)35-43-76/h34-57,64-68H,3,5,10-33,58-63H2,1-2,4,6-9H3. The summed E-state index contributed by atoms with van der Waals surface area (Å²) >= 11 is 3.78. The summed E-state index contributed by atoms with van der Waals surface area (Å²) in [5, 5.41) is 0. The highest BCUT2D eigenvalue weighted by Gasteiger charge is 2.43. The topological polar surface area (TPSA) is 89.5 Å². The maximum atomic E-state index is 12.6. The predicted molar refractivity (Wildman–Crippen MR) is 441 cm³/mol. The van der Waals surface area contributed by atoms with Crippen LogP contribution in [0.1, 0.15) is 236 Å². The molecular formula is C95H114O8S2. The SMILES string of the molecule is C=C(C)C(=O)OCCCCCCCCCCOc1ccc(-c2ccc(-c3ccc4c(c3)C(CCCCCCC)(CCCCCCC)c3cc(-c5ccc(-c6ccc(OCCCCCCCCOc7cc(OC(=O)C(=C)C)cc(Oc8ccc(C(C)(C)c9ccc(C)cc9)cc8)c7)cc6)s5)ccc3-4)s2)cc1. The summed E-state index contributed by atoms with van der Waals surface area (Å²) in [6.45, 7) is 24.4. The Bertz CT molecular complexity index is 4190. The number of carbonyl (C=O) groups excluding carboxylic acids is 2. The van der Waals surface area contributed by atoms with Crippen LogP contribution in [0.2, 0.25) is 0 Å². The second kappa shape index (κ2) is 40.3. The second-order valence-electron chi connectivity index (χ2n) is 29.6. The van der Waals surface area contributed by atoms with Crippen LogP contribution in [0.5, 0.6) is 34.5 Å². The fraction of sp³-hybridized carbons (Fsp3) is 0.411. The molecule has 0 fully saturated rings. The minimum atomic E-state index is -0.498. The van der Waals surface area contributed by atoms with Crippen molar-refractivity contribution in [2.75, 3.05) is 26.4 Å². The molecule has 10 rings (SSSR count). The third-order valence-corrected chi connectivity index (χ3v) is 23.2. The van der Waals surface area contributed by atoms with Gasteiger partial charge in [-0.1, -0.05) is 235 Å². The zero-order valence-electron chi connectivity index (χ0n) is 64.0. The van der Waals surface area contributed by atoms with Gasteiger partial charge in [-0.3, -0.25) is 0 Å². The van der Waals surface area contributed by atoms with Crippen LogP contribution in [-0.4, -0.2) is 38.4 Å². The van der Waals surface area contributed by atoms with Gasteiger partial charge in [0.15, 0.2) is 0 Å². The van der Waals surface area contributed by atoms with Gasteiger partial charge in [0.1, 0.15) is 34.5 Å². The van der Waals surface area contributed by atoms with Gasteiger partial charge in [0.2, 0.25) is 0 Å². The molecule has 7 aromatic carbocycles. The Morgan fingerprint density at radius 1 is 0.371 bits per heavy atom. The van der Waals surface area contributed by atoms with Gasteiger partial charge >= 0.3 is 11.9 Å².